The van der Waals surface area contributed by atoms with Gasteiger partial charge < -0.3 is 19.8 Å². The lowest BCUT2D eigenvalue weighted by atomic mass is 10.4. The van der Waals surface area contributed by atoms with Crippen molar-refractivity contribution in [2.75, 3.05) is 32.8 Å². The molecule has 0 spiro atoms. The summed E-state index contributed by atoms with van der Waals surface area (Å²) in [6.07, 6.45) is 2.92. The number of fused-ring (bicyclic) bond motifs is 1. The standard InChI is InChI=1S/C11H17N5O3.ClH/c17-5-3-15(4-6-18)1-2-16-8-14-9-10(16)12-7-13-11(9)19;/h7-8,17-18H,1-6H2,(H,12,13,19);1H. The Morgan fingerprint density at radius 2 is 1.90 bits per heavy atom. The number of aliphatic hydroxyl groups excluding tert-OH is 2. The molecule has 0 aliphatic rings. The molecule has 2 aromatic heterocycles. The van der Waals surface area contributed by atoms with Crippen LogP contribution in [0.25, 0.3) is 11.2 Å². The van der Waals surface area contributed by atoms with Crippen LogP contribution in [-0.2, 0) is 6.54 Å². The van der Waals surface area contributed by atoms with E-state index in [9.17, 15) is 4.79 Å². The molecule has 0 saturated carbocycles. The van der Waals surface area contributed by atoms with Gasteiger partial charge >= 0.3 is 0 Å². The Hall–Kier alpha value is -1.48. The molecule has 8 nitrogen and oxygen atoms in total. The maximum absolute atomic E-state index is 11.5. The van der Waals surface area contributed by atoms with Gasteiger partial charge in [0.05, 0.1) is 25.9 Å². The van der Waals surface area contributed by atoms with Gasteiger partial charge in [0, 0.05) is 26.2 Å². The number of nitrogens with zero attached hydrogens (tertiary/aromatic N) is 4. The first-order valence-electron chi connectivity index (χ1n) is 6.09. The lowest BCUT2D eigenvalue weighted by Gasteiger charge is -2.20. The van der Waals surface area contributed by atoms with E-state index in [2.05, 4.69) is 15.0 Å². The maximum Gasteiger partial charge on any atom is 0.278 e. The quantitative estimate of drug-likeness (QED) is 0.595. The third-order valence-corrected chi connectivity index (χ3v) is 2.90. The van der Waals surface area contributed by atoms with E-state index in [4.69, 9.17) is 10.2 Å². The van der Waals surface area contributed by atoms with E-state index in [-0.39, 0.29) is 31.2 Å². The molecule has 0 bridgehead atoms. The first kappa shape index (κ1) is 16.6. The van der Waals surface area contributed by atoms with Gasteiger partial charge in [0.25, 0.3) is 5.56 Å². The van der Waals surface area contributed by atoms with E-state index < -0.39 is 0 Å². The van der Waals surface area contributed by atoms with Crippen molar-refractivity contribution in [3.63, 3.8) is 0 Å². The van der Waals surface area contributed by atoms with Gasteiger partial charge in [-0.25, -0.2) is 9.97 Å². The van der Waals surface area contributed by atoms with Crippen LogP contribution in [0.4, 0.5) is 0 Å². The van der Waals surface area contributed by atoms with Gasteiger partial charge in [-0.05, 0) is 0 Å². The van der Waals surface area contributed by atoms with Crippen molar-refractivity contribution < 1.29 is 10.2 Å². The van der Waals surface area contributed by atoms with Crippen LogP contribution < -0.4 is 5.56 Å². The van der Waals surface area contributed by atoms with Gasteiger partial charge in [-0.15, -0.1) is 12.4 Å². The van der Waals surface area contributed by atoms with Gasteiger partial charge in [0.2, 0.25) is 0 Å². The van der Waals surface area contributed by atoms with Crippen molar-refractivity contribution in [2.24, 2.45) is 0 Å². The molecule has 0 aliphatic carbocycles. The number of nitrogens with one attached hydrogen (secondary N) is 1. The molecule has 9 heteroatoms. The van der Waals surface area contributed by atoms with E-state index in [0.717, 1.165) is 0 Å². The molecule has 0 saturated heterocycles. The minimum Gasteiger partial charge on any atom is -0.395 e. The van der Waals surface area contributed by atoms with Gasteiger partial charge in [-0.3, -0.25) is 9.69 Å². The van der Waals surface area contributed by atoms with Crippen LogP contribution >= 0.6 is 12.4 Å². The first-order valence-corrected chi connectivity index (χ1v) is 6.09. The number of aliphatic hydroxyl groups is 2. The van der Waals surface area contributed by atoms with Crippen LogP contribution in [0.5, 0.6) is 0 Å². The SMILES string of the molecule is Cl.O=c1[nH]cnc2c1ncn2CCN(CCO)CCO. The number of H-pyrrole nitrogens is 1. The molecule has 0 unspecified atom stereocenters. The molecule has 20 heavy (non-hydrogen) atoms. The minimum absolute atomic E-state index is 0. The summed E-state index contributed by atoms with van der Waals surface area (Å²) in [4.78, 5) is 24.0. The second-order valence-electron chi connectivity index (χ2n) is 4.13. The number of hydrogen-bond acceptors (Lipinski definition) is 6. The summed E-state index contributed by atoms with van der Waals surface area (Å²) in [6, 6.07) is 0. The Kier molecular flexibility index (Phi) is 6.59. The van der Waals surface area contributed by atoms with E-state index in [1.807, 2.05) is 4.90 Å². The molecule has 2 rings (SSSR count). The van der Waals surface area contributed by atoms with Crippen LogP contribution in [-0.4, -0.2) is 67.5 Å². The molecular weight excluding hydrogens is 286 g/mol. The molecule has 2 heterocycles. The predicted octanol–water partition coefficient (Wildman–Crippen LogP) is -1.17. The average Bonchev–Trinajstić information content (AvgIpc) is 2.81. The third-order valence-electron chi connectivity index (χ3n) is 2.90. The van der Waals surface area contributed by atoms with Crippen LogP contribution in [0.2, 0.25) is 0 Å². The molecule has 112 valence electrons. The second-order valence-corrected chi connectivity index (χ2v) is 4.13. The molecule has 0 radical (unpaired) electrons. The Bertz CT molecular complexity index is 579. The van der Waals surface area contributed by atoms with E-state index >= 15 is 0 Å². The van der Waals surface area contributed by atoms with Crippen molar-refractivity contribution >= 4 is 23.6 Å². The van der Waals surface area contributed by atoms with Crippen LogP contribution in [0, 0.1) is 0 Å². The Balaban J connectivity index is 0.00000200. The zero-order valence-electron chi connectivity index (χ0n) is 10.9. The number of imidazole rings is 1. The zero-order chi connectivity index (χ0) is 13.7. The molecule has 0 fully saturated rings. The van der Waals surface area contributed by atoms with E-state index in [1.54, 1.807) is 10.9 Å². The van der Waals surface area contributed by atoms with Crippen molar-refractivity contribution in [3.8, 4) is 0 Å². The smallest absolute Gasteiger partial charge is 0.278 e. The highest BCUT2D eigenvalue weighted by Crippen LogP contribution is 2.04. The Morgan fingerprint density at radius 1 is 1.20 bits per heavy atom. The summed E-state index contributed by atoms with van der Waals surface area (Å²) in [7, 11) is 0. The van der Waals surface area contributed by atoms with Crippen LogP contribution in [0.1, 0.15) is 0 Å². The number of hydrogen-bond donors (Lipinski definition) is 3. The molecule has 2 aromatic rings. The van der Waals surface area contributed by atoms with Crippen molar-refractivity contribution in [3.05, 3.63) is 23.0 Å². The fourth-order valence-electron chi connectivity index (χ4n) is 1.92. The highest BCUT2D eigenvalue weighted by Gasteiger charge is 2.09. The van der Waals surface area contributed by atoms with Gasteiger partial charge in [0.15, 0.2) is 11.2 Å². The lowest BCUT2D eigenvalue weighted by Crippen LogP contribution is -2.32. The number of rotatable bonds is 7. The second kappa shape index (κ2) is 7.95. The van der Waals surface area contributed by atoms with Gasteiger partial charge in [-0.2, -0.15) is 0 Å². The summed E-state index contributed by atoms with van der Waals surface area (Å²) >= 11 is 0. The highest BCUT2D eigenvalue weighted by atomic mass is 35.5. The van der Waals surface area contributed by atoms with Crippen molar-refractivity contribution in [1.29, 1.82) is 0 Å². The summed E-state index contributed by atoms with van der Waals surface area (Å²) in [5, 5.41) is 17.9. The Morgan fingerprint density at radius 3 is 2.55 bits per heavy atom. The topological polar surface area (TPSA) is 107 Å². The van der Waals surface area contributed by atoms with Gasteiger partial charge in [0.1, 0.15) is 0 Å². The summed E-state index contributed by atoms with van der Waals surface area (Å²) in [5.41, 5.74) is 0.599. The molecule has 0 aromatic carbocycles. The van der Waals surface area contributed by atoms with Crippen LogP contribution in [0.3, 0.4) is 0 Å². The largest absolute Gasteiger partial charge is 0.395 e. The fourth-order valence-corrected chi connectivity index (χ4v) is 1.92. The first-order chi connectivity index (χ1) is 9.26. The third kappa shape index (κ3) is 3.76. The number of aromatic amines is 1. The normalized spacial score (nSPS) is 10.9. The monoisotopic (exact) mass is 303 g/mol. The summed E-state index contributed by atoms with van der Waals surface area (Å²) in [6.45, 7) is 2.32. The van der Waals surface area contributed by atoms with Crippen LogP contribution in [0.15, 0.2) is 17.4 Å². The minimum atomic E-state index is -0.258. The zero-order valence-corrected chi connectivity index (χ0v) is 11.7. The number of aromatic nitrogens is 4. The molecule has 3 N–H and O–H groups in total. The number of halogens is 1. The van der Waals surface area contributed by atoms with Crippen molar-refractivity contribution in [2.45, 2.75) is 6.54 Å². The van der Waals surface area contributed by atoms with E-state index in [1.165, 1.54) is 6.33 Å². The fraction of sp³-hybridized carbons (Fsp3) is 0.545. The molecule has 0 aliphatic heterocycles. The summed E-state index contributed by atoms with van der Waals surface area (Å²) in [5.74, 6) is 0. The van der Waals surface area contributed by atoms with E-state index in [0.29, 0.717) is 37.3 Å². The van der Waals surface area contributed by atoms with Crippen molar-refractivity contribution in [1.82, 2.24) is 24.4 Å². The highest BCUT2D eigenvalue weighted by molar-refractivity contribution is 5.85. The summed E-state index contributed by atoms with van der Waals surface area (Å²) < 4.78 is 1.78. The molecule has 0 atom stereocenters. The van der Waals surface area contributed by atoms with Gasteiger partial charge in [-0.1, -0.05) is 0 Å². The maximum atomic E-state index is 11.5. The average molecular weight is 304 g/mol. The molecular formula is C11H18ClN5O3. The molecule has 0 amide bonds. The Labute approximate surface area is 121 Å². The predicted molar refractivity (Wildman–Crippen MR) is 76.0 cm³/mol. The lowest BCUT2D eigenvalue weighted by molar-refractivity contribution is 0.157.